The Hall–Kier alpha value is -13.4. The van der Waals surface area contributed by atoms with Gasteiger partial charge >= 0.3 is 60.6 Å². The first-order valence-corrected chi connectivity index (χ1v) is 40.3. The van der Waals surface area contributed by atoms with Crippen molar-refractivity contribution in [1.82, 2.24) is 65.2 Å². The molecule has 8 aromatic heterocycles. The number of pyridine rings is 8. The number of anilines is 8. The van der Waals surface area contributed by atoms with E-state index in [1.807, 2.05) is 24.3 Å². The predicted octanol–water partition coefficient (Wildman–Crippen LogP) is 14.7. The number of ether oxygens (including phenoxy) is 5. The van der Waals surface area contributed by atoms with E-state index in [1.165, 1.54) is 37.5 Å². The molecule has 0 bridgehead atoms. The maximum atomic E-state index is 12.8. The largest absolute Gasteiger partial charge is 0.506 e. The fourth-order valence-electron chi connectivity index (χ4n) is 9.80. The van der Waals surface area contributed by atoms with E-state index in [1.54, 1.807) is 159 Å². The number of imide groups is 5. The van der Waals surface area contributed by atoms with Gasteiger partial charge < -0.3 is 72.6 Å². The number of nitrogens with two attached hydrogens (primary N) is 4. The molecule has 0 aromatic carbocycles. The van der Waals surface area contributed by atoms with Gasteiger partial charge in [0.1, 0.15) is 92.3 Å². The van der Waals surface area contributed by atoms with E-state index in [0.29, 0.717) is 85.9 Å². The van der Waals surface area contributed by atoms with Crippen LogP contribution < -0.4 is 59.3 Å². The fourth-order valence-corrected chi connectivity index (χ4v) is 11.3. The van der Waals surface area contributed by atoms with Gasteiger partial charge in [0.15, 0.2) is 11.6 Å². The maximum Gasteiger partial charge on any atom is 0.424 e. The zero-order chi connectivity index (χ0) is 94.8. The molecule has 0 saturated carbocycles. The summed E-state index contributed by atoms with van der Waals surface area (Å²) in [4.78, 5) is 156. The Morgan fingerprint density at radius 1 is 0.437 bits per heavy atom. The lowest BCUT2D eigenvalue weighted by Gasteiger charge is -2.35. The molecule has 16 N–H and O–H groups in total. The van der Waals surface area contributed by atoms with Crippen LogP contribution in [-0.4, -0.2) is 166 Å². The highest BCUT2D eigenvalue weighted by molar-refractivity contribution is 9.11. The van der Waals surface area contributed by atoms with Crippen LogP contribution in [0.3, 0.4) is 0 Å². The second-order valence-electron chi connectivity index (χ2n) is 31.0. The van der Waals surface area contributed by atoms with Gasteiger partial charge in [-0.2, -0.15) is 20.3 Å². The lowest BCUT2D eigenvalue weighted by molar-refractivity contribution is 0.0281. The van der Waals surface area contributed by atoms with Crippen LogP contribution in [0.1, 0.15) is 148 Å². The van der Waals surface area contributed by atoms with E-state index in [9.17, 15) is 58.2 Å². The molecule has 5 aliphatic heterocycles. The van der Waals surface area contributed by atoms with Gasteiger partial charge in [0.2, 0.25) is 0 Å². The first-order valence-electron chi connectivity index (χ1n) is 37.1. The smallest absolute Gasteiger partial charge is 0.424 e. The zero-order valence-electron chi connectivity index (χ0n) is 71.1. The highest BCUT2D eigenvalue weighted by Gasteiger charge is 2.45. The Kier molecular flexibility index (Phi) is 37.1. The van der Waals surface area contributed by atoms with E-state index in [2.05, 4.69) is 138 Å². The fraction of sp³-hybridized carbons (Fsp3) is 0.342. The van der Waals surface area contributed by atoms with Crippen molar-refractivity contribution in [2.75, 3.05) is 43.0 Å². The summed E-state index contributed by atoms with van der Waals surface area (Å²) in [5, 5.41) is 57.7. The number of aromatic nitrogens is 8. The monoisotopic (exact) mass is 1990 g/mol. The third-order valence-electron chi connectivity index (χ3n) is 14.9. The van der Waals surface area contributed by atoms with Crippen LogP contribution in [0.2, 0.25) is 6.82 Å². The Balaban J connectivity index is 0.000000263. The van der Waals surface area contributed by atoms with E-state index < -0.39 is 76.6 Å². The Morgan fingerprint density at radius 2 is 0.770 bits per heavy atom. The molecule has 0 saturated heterocycles. The number of nitrogens with zero attached hydrogens (tertiary/aromatic N) is 15. The molecule has 0 spiro atoms. The number of fused-ring (bicyclic) bond motifs is 5. The molecule has 0 atom stereocenters. The molecule has 668 valence electrons. The first kappa shape index (κ1) is 103. The van der Waals surface area contributed by atoms with Crippen LogP contribution in [0.25, 0.3) is 0 Å². The molecule has 0 fully saturated rings. The van der Waals surface area contributed by atoms with Gasteiger partial charge in [-0.3, -0.25) is 16.0 Å². The number of nitrogen functional groups attached to an aromatic ring is 3. The number of hydrogen-bond acceptors (Lipinski definition) is 32. The van der Waals surface area contributed by atoms with Gasteiger partial charge in [0.25, 0.3) is 0 Å². The number of aromatic hydroxyl groups is 3. The summed E-state index contributed by atoms with van der Waals surface area (Å²) in [5.41, 5.74) is 22.4. The molecule has 0 aliphatic carbocycles. The molecule has 0 unspecified atom stereocenters. The van der Waals surface area contributed by atoms with E-state index in [-0.39, 0.29) is 66.4 Å². The lowest BCUT2D eigenvalue weighted by atomic mass is 10.1. The van der Waals surface area contributed by atoms with Gasteiger partial charge in [-0.05, 0) is 222 Å². The summed E-state index contributed by atoms with van der Waals surface area (Å²) in [5.74, 6) is 2.60. The van der Waals surface area contributed by atoms with Gasteiger partial charge in [0.05, 0.1) is 57.2 Å². The van der Waals surface area contributed by atoms with Gasteiger partial charge in [0, 0.05) is 102 Å². The number of rotatable bonds is 1. The van der Waals surface area contributed by atoms with Crippen LogP contribution in [0, 0.1) is 22.7 Å². The Bertz CT molecular complexity index is 5230. The second-order valence-corrected chi connectivity index (χ2v) is 34.6. The summed E-state index contributed by atoms with van der Waals surface area (Å²) >= 11 is 13.0. The number of carbonyl (C=O) groups excluding carboxylic acids is 10. The lowest BCUT2D eigenvalue weighted by Crippen LogP contribution is -2.54. The van der Waals surface area contributed by atoms with E-state index >= 15 is 0 Å². The Labute approximate surface area is 759 Å². The van der Waals surface area contributed by atoms with Crippen molar-refractivity contribution < 1.29 is 86.9 Å². The minimum Gasteiger partial charge on any atom is -0.506 e. The van der Waals surface area contributed by atoms with Crippen LogP contribution in [0.15, 0.2) is 122 Å². The van der Waals surface area contributed by atoms with Crippen molar-refractivity contribution in [2.45, 2.75) is 178 Å². The molecule has 13 heterocycles. The highest BCUT2D eigenvalue weighted by Crippen LogP contribution is 2.35. The molecular weight excluding hydrogens is 1900 g/mol. The summed E-state index contributed by atoms with van der Waals surface area (Å²) in [6.45, 7) is 27.8. The van der Waals surface area contributed by atoms with Crippen molar-refractivity contribution in [3.63, 3.8) is 0 Å². The molecule has 47 heteroatoms. The third-order valence-corrected chi connectivity index (χ3v) is 16.6. The third kappa shape index (κ3) is 32.7. The molecule has 5 aliphatic rings. The number of carbonyl (C=O) groups is 10. The SMILES string of the molecule is CC(C)(C)OC(=O)N1Cc2cc(Br)cnc2N(C(=O)OC(C)(C)C)C1=O.CC(C)(C)OC(=O)N1Cc2cc(O)cnc2N(C(=O)OC(C)(C)C)C1=O.CC(C)(C)OC(=O)N1Cc2cc(O)cnc2NC1=O.N#Cc1cc(Br)cnc1N.N#Cc1cccnc1N.NCc1cc(Br)cnc1N.O=C1NCc2cc(Br)cnc2N1.O=C1NCc2cc(O)cnc2N1.[B]C. The molecule has 2 radical (unpaired) electrons. The number of halogens is 4. The van der Waals surface area contributed by atoms with Gasteiger partial charge in [-0.1, -0.05) is 6.82 Å². The van der Waals surface area contributed by atoms with Crippen LogP contribution in [0.5, 0.6) is 17.2 Å². The van der Waals surface area contributed by atoms with Crippen molar-refractivity contribution >= 4 is 179 Å². The molecule has 126 heavy (non-hydrogen) atoms. The van der Waals surface area contributed by atoms with Gasteiger partial charge in [-0.25, -0.2) is 103 Å². The van der Waals surface area contributed by atoms with Crippen molar-refractivity contribution in [3.8, 4) is 29.4 Å². The number of nitriles is 2. The number of amides is 15. The van der Waals surface area contributed by atoms with E-state index in [0.717, 1.165) is 55.9 Å². The maximum absolute atomic E-state index is 12.8. The van der Waals surface area contributed by atoms with Crippen LogP contribution in [-0.2, 0) is 63.0 Å². The minimum atomic E-state index is -0.977. The van der Waals surface area contributed by atoms with Crippen molar-refractivity contribution in [3.05, 3.63) is 167 Å². The molecule has 15 amide bonds. The topological polar surface area (TPSA) is 609 Å². The summed E-state index contributed by atoms with van der Waals surface area (Å²) < 4.78 is 29.4. The molecule has 42 nitrogen and oxygen atoms in total. The summed E-state index contributed by atoms with van der Waals surface area (Å²) in [6, 6.07) is 15.7. The standard InChI is InChI=1S/C17H22BrN3O5.C17H23N3O6.C12H15N3O4.C7H6BrN3O.C7H7N3O2.C6H8BrN3.C6H4BrN3.C6H5N3.CH3B/c1-16(2,3)25-14(23)20-9-10-7-11(18)8-19-12(10)21(13(20)22)15(24)26-17(4,5)6;1-16(2,3)25-14(23)19-9-10-7-11(21)8-18-12(10)20(13(19)22)15(24)26-17(4,5)6;1-12(2,3)19-11(18)15-6-7-4-8(16)5-13-9(7)14-10(15)17;8-5-1-4-2-10-7(12)11-6(4)9-3-5;11-5-1-4-2-9-7(12)10-6(4)8-3-5;2*7-5-1-4(2-8)6(9)10-3-5;7-4-5-2-1-3-9-6(5)8;1-2/h7-8H,9H2,1-6H3;7-8,21H,9H2,1-6H3;4-5,16H,6H2,1-3H3,(H,13,14,17);1,3H,2H2,(H2,9,10,11,12);1,3,11H,2H2,(H2,8,9,10,12);1,3H,2,8H2,(H2,9,10);1,3H,(H2,9,10);1-3H,(H2,8,9);1H3. The molecular formula is C79H93BBr4N24O18. The number of nitrogens with one attached hydrogen (secondary N) is 5. The first-order chi connectivity index (χ1) is 58.6. The van der Waals surface area contributed by atoms with Gasteiger partial charge in [-0.15, -0.1) is 0 Å². The minimum absolute atomic E-state index is 0.00172. The zero-order valence-corrected chi connectivity index (χ0v) is 77.5. The Morgan fingerprint density at radius 3 is 1.19 bits per heavy atom. The van der Waals surface area contributed by atoms with E-state index in [4.69, 9.17) is 62.2 Å². The molecule has 8 aromatic rings. The molecule has 13 rings (SSSR count). The van der Waals surface area contributed by atoms with Crippen molar-refractivity contribution in [2.24, 2.45) is 5.73 Å². The predicted molar refractivity (Wildman–Crippen MR) is 476 cm³/mol. The number of hydrogen-bond donors (Lipinski definition) is 12. The number of urea groups is 5. The second kappa shape index (κ2) is 45.3. The average molecular weight is 2000 g/mol. The van der Waals surface area contributed by atoms with Crippen molar-refractivity contribution in [1.29, 1.82) is 10.5 Å². The average Bonchev–Trinajstić information content (AvgIpc) is 0.769. The summed E-state index contributed by atoms with van der Waals surface area (Å²) in [7, 11) is 4.50. The highest BCUT2D eigenvalue weighted by atomic mass is 79.9. The van der Waals surface area contributed by atoms with Crippen LogP contribution in [0.4, 0.5) is 94.5 Å². The normalized spacial score (nSPS) is 13.2. The quantitative estimate of drug-likeness (QED) is 0.0536. The van der Waals surface area contributed by atoms with Crippen LogP contribution >= 0.6 is 63.7 Å². The summed E-state index contributed by atoms with van der Waals surface area (Å²) in [6.07, 6.45) is 7.12.